The zero-order valence-corrected chi connectivity index (χ0v) is 20.9. The van der Waals surface area contributed by atoms with E-state index in [0.717, 1.165) is 54.5 Å². The van der Waals surface area contributed by atoms with Crippen molar-refractivity contribution < 1.29 is 9.53 Å². The third kappa shape index (κ3) is 7.88. The highest BCUT2D eigenvalue weighted by Gasteiger charge is 2.17. The SMILES string of the molecule is CN1CCN(c2ccc3nc(CNC(=O)OC(C)(C)C)sc3c2)CC1.CN1CCNCC1. The molecule has 2 aliphatic heterocycles. The van der Waals surface area contributed by atoms with Crippen molar-refractivity contribution in [1.29, 1.82) is 0 Å². The third-order valence-electron chi connectivity index (χ3n) is 5.41. The van der Waals surface area contributed by atoms with Gasteiger partial charge in [-0.25, -0.2) is 9.78 Å². The van der Waals surface area contributed by atoms with Crippen LogP contribution < -0.4 is 15.5 Å². The summed E-state index contributed by atoms with van der Waals surface area (Å²) in [7, 11) is 4.31. The summed E-state index contributed by atoms with van der Waals surface area (Å²) < 4.78 is 6.41. The molecule has 2 saturated heterocycles. The van der Waals surface area contributed by atoms with E-state index in [-0.39, 0.29) is 0 Å². The molecule has 3 heterocycles. The minimum Gasteiger partial charge on any atom is -0.444 e. The number of thiazole rings is 1. The quantitative estimate of drug-likeness (QED) is 0.726. The molecule has 0 radical (unpaired) electrons. The van der Waals surface area contributed by atoms with Gasteiger partial charge in [-0.05, 0) is 53.1 Å². The number of rotatable bonds is 3. The first kappa shape index (κ1) is 24.7. The van der Waals surface area contributed by atoms with E-state index in [1.165, 1.54) is 18.8 Å². The number of alkyl carbamates (subject to hydrolysis) is 1. The summed E-state index contributed by atoms with van der Waals surface area (Å²) in [5.74, 6) is 0. The molecule has 0 unspecified atom stereocenters. The molecular formula is C23H38N6O2S. The van der Waals surface area contributed by atoms with Gasteiger partial charge in [-0.2, -0.15) is 0 Å². The van der Waals surface area contributed by atoms with Crippen molar-refractivity contribution in [3.8, 4) is 0 Å². The van der Waals surface area contributed by atoms with Gasteiger partial charge in [-0.1, -0.05) is 0 Å². The molecular weight excluding hydrogens is 424 g/mol. The molecule has 2 aromatic rings. The Hall–Kier alpha value is -1.94. The van der Waals surface area contributed by atoms with Crippen LogP contribution in [0.4, 0.5) is 10.5 Å². The summed E-state index contributed by atoms with van der Waals surface area (Å²) in [6, 6.07) is 6.41. The number of ether oxygens (including phenoxy) is 1. The number of likely N-dealkylation sites (N-methyl/N-ethyl adjacent to an activating group) is 2. The van der Waals surface area contributed by atoms with Crippen molar-refractivity contribution in [2.24, 2.45) is 0 Å². The second kappa shape index (κ2) is 11.3. The Morgan fingerprint density at radius 2 is 1.75 bits per heavy atom. The van der Waals surface area contributed by atoms with Crippen molar-refractivity contribution in [2.45, 2.75) is 32.9 Å². The van der Waals surface area contributed by atoms with Crippen LogP contribution in [0.5, 0.6) is 0 Å². The van der Waals surface area contributed by atoms with Crippen LogP contribution in [0, 0.1) is 0 Å². The maximum atomic E-state index is 11.8. The smallest absolute Gasteiger partial charge is 0.408 e. The average Bonchev–Trinajstić information content (AvgIpc) is 3.15. The normalized spacial score (nSPS) is 18.2. The number of benzene rings is 1. The van der Waals surface area contributed by atoms with Crippen molar-refractivity contribution in [2.75, 3.05) is 71.4 Å². The monoisotopic (exact) mass is 462 g/mol. The van der Waals surface area contributed by atoms with E-state index in [1.54, 1.807) is 11.3 Å². The maximum absolute atomic E-state index is 11.8. The fourth-order valence-electron chi connectivity index (χ4n) is 3.54. The fourth-order valence-corrected chi connectivity index (χ4v) is 4.48. The molecule has 1 aromatic heterocycles. The molecule has 2 aliphatic rings. The lowest BCUT2D eigenvalue weighted by Gasteiger charge is -2.34. The number of nitrogens with one attached hydrogen (secondary N) is 2. The zero-order chi connectivity index (χ0) is 23.1. The summed E-state index contributed by atoms with van der Waals surface area (Å²) in [5, 5.41) is 6.93. The predicted octanol–water partition coefficient (Wildman–Crippen LogP) is 2.59. The molecule has 32 heavy (non-hydrogen) atoms. The third-order valence-corrected chi connectivity index (χ3v) is 6.43. The van der Waals surface area contributed by atoms with Crippen LogP contribution in [-0.4, -0.2) is 92.9 Å². The molecule has 4 rings (SSSR count). The largest absolute Gasteiger partial charge is 0.444 e. The molecule has 0 spiro atoms. The molecule has 0 saturated carbocycles. The van der Waals surface area contributed by atoms with Crippen molar-refractivity contribution in [3.63, 3.8) is 0 Å². The highest BCUT2D eigenvalue weighted by atomic mass is 32.1. The average molecular weight is 463 g/mol. The molecule has 8 nitrogen and oxygen atoms in total. The summed E-state index contributed by atoms with van der Waals surface area (Å²) in [6.45, 7) is 15.0. The van der Waals surface area contributed by atoms with Crippen LogP contribution in [0.1, 0.15) is 25.8 Å². The standard InChI is InChI=1S/C18H26N4O2S.C5H12N2/c1-18(2,3)24-17(23)19-12-16-20-14-6-5-13(11-15(14)25-16)22-9-7-21(4)8-10-22;1-7-4-2-6-3-5-7/h5-6,11H,7-10,12H2,1-4H3,(H,19,23);6H,2-5H2,1H3. The van der Waals surface area contributed by atoms with Gasteiger partial charge in [0, 0.05) is 58.0 Å². The second-order valence-electron chi connectivity index (χ2n) is 9.46. The molecule has 178 valence electrons. The van der Waals surface area contributed by atoms with Gasteiger partial charge in [-0.15, -0.1) is 11.3 Å². The number of hydrogen-bond acceptors (Lipinski definition) is 8. The van der Waals surface area contributed by atoms with E-state index >= 15 is 0 Å². The molecule has 0 bridgehead atoms. The Morgan fingerprint density at radius 3 is 2.34 bits per heavy atom. The number of hydrogen-bond donors (Lipinski definition) is 2. The van der Waals surface area contributed by atoms with E-state index < -0.39 is 11.7 Å². The number of carbonyl (C=O) groups excluding carboxylic acids is 1. The van der Waals surface area contributed by atoms with Crippen molar-refractivity contribution in [1.82, 2.24) is 25.4 Å². The number of nitrogens with zero attached hydrogens (tertiary/aromatic N) is 4. The van der Waals surface area contributed by atoms with E-state index in [2.05, 4.69) is 62.6 Å². The van der Waals surface area contributed by atoms with Gasteiger partial charge < -0.3 is 30.1 Å². The first-order valence-corrected chi connectivity index (χ1v) is 12.2. The fraction of sp³-hybridized carbons (Fsp3) is 0.652. The number of amides is 1. The van der Waals surface area contributed by atoms with Crippen molar-refractivity contribution in [3.05, 3.63) is 23.2 Å². The summed E-state index contributed by atoms with van der Waals surface area (Å²) in [4.78, 5) is 23.5. The molecule has 1 amide bonds. The highest BCUT2D eigenvalue weighted by molar-refractivity contribution is 7.18. The zero-order valence-electron chi connectivity index (χ0n) is 20.1. The molecule has 0 atom stereocenters. The lowest BCUT2D eigenvalue weighted by atomic mass is 10.2. The summed E-state index contributed by atoms with van der Waals surface area (Å²) >= 11 is 1.62. The first-order valence-electron chi connectivity index (χ1n) is 11.4. The minimum absolute atomic E-state index is 0.387. The van der Waals surface area contributed by atoms with Gasteiger partial charge in [0.25, 0.3) is 0 Å². The van der Waals surface area contributed by atoms with Gasteiger partial charge >= 0.3 is 6.09 Å². The van der Waals surface area contributed by atoms with Crippen LogP contribution in [0.3, 0.4) is 0 Å². The maximum Gasteiger partial charge on any atom is 0.408 e. The lowest BCUT2D eigenvalue weighted by Crippen LogP contribution is -2.44. The Bertz CT molecular complexity index is 867. The Kier molecular flexibility index (Phi) is 8.70. The highest BCUT2D eigenvalue weighted by Crippen LogP contribution is 2.27. The summed E-state index contributed by atoms with van der Waals surface area (Å²) in [5.41, 5.74) is 1.73. The van der Waals surface area contributed by atoms with Gasteiger partial charge in [0.1, 0.15) is 10.6 Å². The number of aromatic nitrogens is 1. The van der Waals surface area contributed by atoms with E-state index in [9.17, 15) is 4.79 Å². The predicted molar refractivity (Wildman–Crippen MR) is 133 cm³/mol. The number of fused-ring (bicyclic) bond motifs is 1. The van der Waals surface area contributed by atoms with Gasteiger partial charge in [0.2, 0.25) is 0 Å². The van der Waals surface area contributed by atoms with Crippen LogP contribution in [0.2, 0.25) is 0 Å². The summed E-state index contributed by atoms with van der Waals surface area (Å²) in [6.07, 6.45) is -0.412. The van der Waals surface area contributed by atoms with Gasteiger partial charge in [0.05, 0.1) is 16.8 Å². The second-order valence-corrected chi connectivity index (χ2v) is 10.6. The number of piperazine rings is 2. The Labute approximate surface area is 195 Å². The van der Waals surface area contributed by atoms with Crippen LogP contribution in [0.15, 0.2) is 18.2 Å². The van der Waals surface area contributed by atoms with Gasteiger partial charge in [0.15, 0.2) is 0 Å². The van der Waals surface area contributed by atoms with Crippen LogP contribution in [-0.2, 0) is 11.3 Å². The van der Waals surface area contributed by atoms with Crippen LogP contribution in [0.25, 0.3) is 10.2 Å². The van der Waals surface area contributed by atoms with E-state index in [1.807, 2.05) is 20.8 Å². The Morgan fingerprint density at radius 1 is 1.09 bits per heavy atom. The van der Waals surface area contributed by atoms with Crippen LogP contribution >= 0.6 is 11.3 Å². The van der Waals surface area contributed by atoms with E-state index in [0.29, 0.717) is 6.54 Å². The topological polar surface area (TPSA) is 73.0 Å². The first-order chi connectivity index (χ1) is 15.2. The molecule has 2 fully saturated rings. The van der Waals surface area contributed by atoms with Crippen molar-refractivity contribution >= 4 is 33.3 Å². The molecule has 1 aromatic carbocycles. The minimum atomic E-state index is -0.491. The lowest BCUT2D eigenvalue weighted by molar-refractivity contribution is 0.0523. The molecule has 0 aliphatic carbocycles. The van der Waals surface area contributed by atoms with E-state index in [4.69, 9.17) is 4.74 Å². The molecule has 2 N–H and O–H groups in total. The number of anilines is 1. The Balaban J connectivity index is 0.000000352. The van der Waals surface area contributed by atoms with Gasteiger partial charge in [-0.3, -0.25) is 0 Å². The molecule has 9 heteroatoms. The number of carbonyl (C=O) groups is 1.